The zero-order valence-corrected chi connectivity index (χ0v) is 13.9. The predicted molar refractivity (Wildman–Crippen MR) is 92.7 cm³/mol. The summed E-state index contributed by atoms with van der Waals surface area (Å²) in [6, 6.07) is 9.08. The molecule has 0 saturated heterocycles. The average molecular weight is 356 g/mol. The number of amides is 1. The smallest absolute Gasteiger partial charge is 0.339 e. The molecular formula is C18H16N2O6. The van der Waals surface area contributed by atoms with Crippen LogP contribution in [0.1, 0.15) is 15.9 Å². The van der Waals surface area contributed by atoms with Gasteiger partial charge in [-0.2, -0.15) is 0 Å². The van der Waals surface area contributed by atoms with Gasteiger partial charge in [0, 0.05) is 11.8 Å². The van der Waals surface area contributed by atoms with E-state index in [-0.39, 0.29) is 24.3 Å². The Morgan fingerprint density at radius 1 is 1.23 bits per heavy atom. The number of carboxylic acid groups (broad SMARTS) is 1. The maximum atomic E-state index is 12.3. The fourth-order valence-electron chi connectivity index (χ4n) is 2.67. The molecule has 3 rings (SSSR count). The van der Waals surface area contributed by atoms with Crippen molar-refractivity contribution >= 4 is 29.2 Å². The molecule has 8 heteroatoms. The monoisotopic (exact) mass is 356 g/mol. The summed E-state index contributed by atoms with van der Waals surface area (Å²) in [5, 5.41) is 21.1. The number of carboxylic acids is 1. The van der Waals surface area contributed by atoms with Crippen molar-refractivity contribution in [3.63, 3.8) is 0 Å². The van der Waals surface area contributed by atoms with Crippen LogP contribution < -0.4 is 15.0 Å². The highest BCUT2D eigenvalue weighted by molar-refractivity contribution is 5.97. The lowest BCUT2D eigenvalue weighted by Crippen LogP contribution is -2.41. The summed E-state index contributed by atoms with van der Waals surface area (Å²) < 4.78 is 5.19. The first-order chi connectivity index (χ1) is 12.3. The van der Waals surface area contributed by atoms with Gasteiger partial charge in [-0.25, -0.2) is 9.59 Å². The quantitative estimate of drug-likeness (QED) is 0.564. The number of carbonyl (C=O) groups excluding carboxylic acids is 2. The van der Waals surface area contributed by atoms with Gasteiger partial charge in [0.05, 0.1) is 12.2 Å². The summed E-state index contributed by atoms with van der Waals surface area (Å²) in [5.41, 5.74) is 1.55. The molecule has 8 nitrogen and oxygen atoms in total. The Hall–Kier alpha value is -3.55. The SMILES string of the molecule is Cc1ccc2c(c1)OC(=O)CN2CC(=O)Nc1ccc(C(=O)O)c(O)c1. The number of aromatic carboxylic acids is 1. The number of aryl methyl sites for hydroxylation is 1. The van der Waals surface area contributed by atoms with Crippen molar-refractivity contribution in [1.29, 1.82) is 0 Å². The number of carbonyl (C=O) groups is 3. The number of esters is 1. The maximum absolute atomic E-state index is 12.3. The maximum Gasteiger partial charge on any atom is 0.339 e. The number of fused-ring (bicyclic) bond motifs is 1. The summed E-state index contributed by atoms with van der Waals surface area (Å²) in [4.78, 5) is 36.5. The number of aromatic hydroxyl groups is 1. The molecule has 0 unspecified atom stereocenters. The molecule has 1 aliphatic heterocycles. The Morgan fingerprint density at radius 3 is 2.69 bits per heavy atom. The number of hydrogen-bond donors (Lipinski definition) is 3. The first-order valence-electron chi connectivity index (χ1n) is 7.76. The van der Waals surface area contributed by atoms with Crippen LogP contribution in [0, 0.1) is 6.92 Å². The minimum Gasteiger partial charge on any atom is -0.507 e. The fraction of sp³-hybridized carbons (Fsp3) is 0.167. The summed E-state index contributed by atoms with van der Waals surface area (Å²) in [7, 11) is 0. The predicted octanol–water partition coefficient (Wildman–Crippen LogP) is 1.76. The second-order valence-corrected chi connectivity index (χ2v) is 5.89. The van der Waals surface area contributed by atoms with Gasteiger partial charge in [-0.05, 0) is 36.8 Å². The molecule has 26 heavy (non-hydrogen) atoms. The van der Waals surface area contributed by atoms with Crippen LogP contribution in [0.4, 0.5) is 11.4 Å². The van der Waals surface area contributed by atoms with Crippen molar-refractivity contribution < 1.29 is 29.3 Å². The molecule has 0 atom stereocenters. The molecule has 0 aromatic heterocycles. The molecule has 2 aromatic carbocycles. The van der Waals surface area contributed by atoms with Gasteiger partial charge in [0.2, 0.25) is 5.91 Å². The van der Waals surface area contributed by atoms with Crippen molar-refractivity contribution in [2.24, 2.45) is 0 Å². The van der Waals surface area contributed by atoms with Gasteiger partial charge in [-0.3, -0.25) is 4.79 Å². The van der Waals surface area contributed by atoms with Crippen LogP contribution in [-0.2, 0) is 9.59 Å². The van der Waals surface area contributed by atoms with Crippen LogP contribution in [-0.4, -0.2) is 41.1 Å². The molecule has 0 bridgehead atoms. The summed E-state index contributed by atoms with van der Waals surface area (Å²) >= 11 is 0. The molecule has 3 N–H and O–H groups in total. The van der Waals surface area contributed by atoms with Crippen LogP contribution in [0.25, 0.3) is 0 Å². The molecular weight excluding hydrogens is 340 g/mol. The highest BCUT2D eigenvalue weighted by Crippen LogP contribution is 2.32. The van der Waals surface area contributed by atoms with Crippen molar-refractivity contribution in [3.05, 3.63) is 47.5 Å². The fourth-order valence-corrected chi connectivity index (χ4v) is 2.67. The number of nitrogens with one attached hydrogen (secondary N) is 1. The molecule has 1 heterocycles. The molecule has 0 spiro atoms. The van der Waals surface area contributed by atoms with Crippen LogP contribution in [0.3, 0.4) is 0 Å². The van der Waals surface area contributed by atoms with Crippen LogP contribution in [0.2, 0.25) is 0 Å². The molecule has 134 valence electrons. The summed E-state index contributed by atoms with van der Waals surface area (Å²) in [5.74, 6) is -2.19. The zero-order chi connectivity index (χ0) is 18.8. The first-order valence-corrected chi connectivity index (χ1v) is 7.76. The Balaban J connectivity index is 1.74. The minimum atomic E-state index is -1.26. The van der Waals surface area contributed by atoms with Crippen LogP contribution in [0.5, 0.6) is 11.5 Å². The van der Waals surface area contributed by atoms with E-state index in [0.717, 1.165) is 11.6 Å². The van der Waals surface area contributed by atoms with E-state index in [0.29, 0.717) is 11.4 Å². The number of nitrogens with zero attached hydrogens (tertiary/aromatic N) is 1. The van der Waals surface area contributed by atoms with Crippen LogP contribution in [0.15, 0.2) is 36.4 Å². The van der Waals surface area contributed by atoms with Gasteiger partial charge in [-0.1, -0.05) is 6.07 Å². The number of benzene rings is 2. The lowest BCUT2D eigenvalue weighted by molar-refractivity contribution is -0.133. The molecule has 1 aliphatic rings. The second kappa shape index (κ2) is 6.75. The number of hydrogen-bond acceptors (Lipinski definition) is 6. The zero-order valence-electron chi connectivity index (χ0n) is 13.9. The number of rotatable bonds is 4. The van der Waals surface area contributed by atoms with Gasteiger partial charge in [0.1, 0.15) is 17.9 Å². The number of ether oxygens (including phenoxy) is 1. The topological polar surface area (TPSA) is 116 Å². The normalized spacial score (nSPS) is 13.0. The van der Waals surface area contributed by atoms with E-state index < -0.39 is 23.6 Å². The lowest BCUT2D eigenvalue weighted by Gasteiger charge is -2.29. The highest BCUT2D eigenvalue weighted by Gasteiger charge is 2.25. The Morgan fingerprint density at radius 2 is 2.00 bits per heavy atom. The molecule has 0 aliphatic carbocycles. The highest BCUT2D eigenvalue weighted by atomic mass is 16.5. The van der Waals surface area contributed by atoms with E-state index in [1.165, 1.54) is 12.1 Å². The summed E-state index contributed by atoms with van der Waals surface area (Å²) in [6.45, 7) is 1.70. The van der Waals surface area contributed by atoms with Gasteiger partial charge in [0.15, 0.2) is 5.75 Å². The Kier molecular flexibility index (Phi) is 4.49. The summed E-state index contributed by atoms with van der Waals surface area (Å²) in [6.07, 6.45) is 0. The van der Waals surface area contributed by atoms with Crippen molar-refractivity contribution in [1.82, 2.24) is 0 Å². The van der Waals surface area contributed by atoms with E-state index >= 15 is 0 Å². The van der Waals surface area contributed by atoms with E-state index in [2.05, 4.69) is 5.32 Å². The molecule has 0 fully saturated rings. The van der Waals surface area contributed by atoms with Crippen molar-refractivity contribution in [2.45, 2.75) is 6.92 Å². The van der Waals surface area contributed by atoms with Gasteiger partial charge >= 0.3 is 11.9 Å². The molecule has 0 saturated carbocycles. The number of anilines is 2. The first kappa shape index (κ1) is 17.3. The number of phenols is 1. The third-order valence-corrected chi connectivity index (χ3v) is 3.85. The Labute approximate surface area is 148 Å². The van der Waals surface area contributed by atoms with Gasteiger partial charge in [0.25, 0.3) is 0 Å². The third kappa shape index (κ3) is 3.59. The molecule has 0 radical (unpaired) electrons. The standard InChI is InChI=1S/C18H16N2O6/c1-10-2-5-13-15(6-10)26-17(23)9-20(13)8-16(22)19-11-3-4-12(18(24)25)14(21)7-11/h2-7,21H,8-9H2,1H3,(H,19,22)(H,24,25). The van der Waals surface area contributed by atoms with Crippen molar-refractivity contribution in [3.8, 4) is 11.5 Å². The minimum absolute atomic E-state index is 0.0628. The molecule has 2 aromatic rings. The second-order valence-electron chi connectivity index (χ2n) is 5.89. The van der Waals surface area contributed by atoms with E-state index in [1.54, 1.807) is 17.0 Å². The third-order valence-electron chi connectivity index (χ3n) is 3.85. The van der Waals surface area contributed by atoms with Crippen LogP contribution >= 0.6 is 0 Å². The molecule has 1 amide bonds. The van der Waals surface area contributed by atoms with E-state index in [4.69, 9.17) is 9.84 Å². The lowest BCUT2D eigenvalue weighted by atomic mass is 10.1. The van der Waals surface area contributed by atoms with E-state index in [9.17, 15) is 19.5 Å². The van der Waals surface area contributed by atoms with Crippen molar-refractivity contribution in [2.75, 3.05) is 23.3 Å². The average Bonchev–Trinajstić information content (AvgIpc) is 2.53. The van der Waals surface area contributed by atoms with Gasteiger partial charge < -0.3 is 25.2 Å². The van der Waals surface area contributed by atoms with Gasteiger partial charge in [-0.15, -0.1) is 0 Å². The Bertz CT molecular complexity index is 909. The van der Waals surface area contributed by atoms with E-state index in [1.807, 2.05) is 13.0 Å². The largest absolute Gasteiger partial charge is 0.507 e.